The normalized spacial score (nSPS) is 12.4. The number of amides is 1. The van der Waals surface area contributed by atoms with E-state index < -0.39 is 0 Å². The molecule has 0 fully saturated rings. The monoisotopic (exact) mass is 248 g/mol. The molecule has 96 valence electrons. The van der Waals surface area contributed by atoms with Crippen LogP contribution in [0.25, 0.3) is 0 Å². The molecule has 6 nitrogen and oxygen atoms in total. The first-order valence-electron chi connectivity index (χ1n) is 5.74. The van der Waals surface area contributed by atoms with Crippen LogP contribution in [-0.4, -0.2) is 32.8 Å². The van der Waals surface area contributed by atoms with Crippen molar-refractivity contribution < 1.29 is 9.32 Å². The zero-order chi connectivity index (χ0) is 13.1. The van der Waals surface area contributed by atoms with Crippen molar-refractivity contribution in [3.63, 3.8) is 0 Å². The molecule has 0 unspecified atom stereocenters. The number of hydrogen-bond donors (Lipinski definition) is 0. The van der Waals surface area contributed by atoms with Crippen LogP contribution >= 0.6 is 0 Å². The van der Waals surface area contributed by atoms with Gasteiger partial charge in [0.2, 0.25) is 5.91 Å². The second-order valence-corrected chi connectivity index (χ2v) is 4.29. The van der Waals surface area contributed by atoms with Gasteiger partial charge in [0.15, 0.2) is 0 Å². The summed E-state index contributed by atoms with van der Waals surface area (Å²) in [5.41, 5.74) is 0.746. The molecule has 0 N–H and O–H groups in total. The number of nitrogens with zero attached hydrogens (tertiary/aromatic N) is 4. The van der Waals surface area contributed by atoms with Gasteiger partial charge in [-0.15, -0.1) is 0 Å². The van der Waals surface area contributed by atoms with Crippen LogP contribution in [0.4, 0.5) is 0 Å². The van der Waals surface area contributed by atoms with Crippen LogP contribution in [0.2, 0.25) is 0 Å². The van der Waals surface area contributed by atoms with Gasteiger partial charge in [0.25, 0.3) is 0 Å². The summed E-state index contributed by atoms with van der Waals surface area (Å²) in [6.07, 6.45) is 3.43. The molecule has 2 heterocycles. The molecule has 0 aliphatic heterocycles. The predicted octanol–water partition coefficient (Wildman–Crippen LogP) is 1.40. The largest absolute Gasteiger partial charge is 0.361 e. The summed E-state index contributed by atoms with van der Waals surface area (Å²) in [6, 6.07) is 3.30. The summed E-state index contributed by atoms with van der Waals surface area (Å²) in [5.74, 6) is 0.727. The van der Waals surface area contributed by atoms with E-state index in [0.717, 1.165) is 11.5 Å². The van der Waals surface area contributed by atoms with E-state index in [1.54, 1.807) is 35.1 Å². The van der Waals surface area contributed by atoms with Gasteiger partial charge in [-0.05, 0) is 19.9 Å². The molecule has 0 aliphatic carbocycles. The van der Waals surface area contributed by atoms with Crippen LogP contribution in [-0.2, 0) is 11.3 Å². The summed E-state index contributed by atoms with van der Waals surface area (Å²) >= 11 is 0. The number of likely N-dealkylation sites (N-methyl/N-ethyl adjacent to an activating group) is 1. The maximum atomic E-state index is 12.2. The van der Waals surface area contributed by atoms with Crippen molar-refractivity contribution in [2.45, 2.75) is 26.4 Å². The highest BCUT2D eigenvalue weighted by atomic mass is 16.5. The topological polar surface area (TPSA) is 64.2 Å². The Morgan fingerprint density at radius 3 is 2.94 bits per heavy atom. The number of carbonyl (C=O) groups is 1. The summed E-state index contributed by atoms with van der Waals surface area (Å²) in [7, 11) is 1.74. The first-order chi connectivity index (χ1) is 8.58. The summed E-state index contributed by atoms with van der Waals surface area (Å²) < 4.78 is 6.60. The number of carbonyl (C=O) groups excluding carboxylic acids is 1. The van der Waals surface area contributed by atoms with Crippen LogP contribution < -0.4 is 0 Å². The highest BCUT2D eigenvalue weighted by Crippen LogP contribution is 2.10. The minimum atomic E-state index is -0.321. The van der Waals surface area contributed by atoms with E-state index in [1.807, 2.05) is 19.9 Å². The molecule has 0 saturated carbocycles. The van der Waals surface area contributed by atoms with Gasteiger partial charge in [-0.25, -0.2) is 0 Å². The predicted molar refractivity (Wildman–Crippen MR) is 64.7 cm³/mol. The van der Waals surface area contributed by atoms with E-state index in [-0.39, 0.29) is 11.9 Å². The standard InChI is InChI=1S/C12H16N4O2/c1-9-7-11(14-18-9)8-15(3)12(17)10(2)16-6-4-5-13-16/h4-7,10H,8H2,1-3H3/t10-/m0/s1. The van der Waals surface area contributed by atoms with Crippen molar-refractivity contribution in [1.82, 2.24) is 19.8 Å². The second kappa shape index (κ2) is 5.03. The molecule has 2 aromatic heterocycles. The van der Waals surface area contributed by atoms with E-state index in [1.165, 1.54) is 0 Å². The van der Waals surface area contributed by atoms with Gasteiger partial charge in [-0.1, -0.05) is 5.16 Å². The smallest absolute Gasteiger partial charge is 0.247 e. The average molecular weight is 248 g/mol. The molecular formula is C12H16N4O2. The molecular weight excluding hydrogens is 232 g/mol. The van der Waals surface area contributed by atoms with Crippen LogP contribution in [0, 0.1) is 6.92 Å². The lowest BCUT2D eigenvalue weighted by Gasteiger charge is -2.20. The van der Waals surface area contributed by atoms with Crippen molar-refractivity contribution in [3.05, 3.63) is 36.0 Å². The van der Waals surface area contributed by atoms with E-state index in [4.69, 9.17) is 4.52 Å². The van der Waals surface area contributed by atoms with Gasteiger partial charge >= 0.3 is 0 Å². The third-order valence-electron chi connectivity index (χ3n) is 2.73. The van der Waals surface area contributed by atoms with Gasteiger partial charge in [-0.2, -0.15) is 5.10 Å². The molecule has 2 rings (SSSR count). The van der Waals surface area contributed by atoms with Gasteiger partial charge in [0, 0.05) is 25.5 Å². The van der Waals surface area contributed by atoms with Gasteiger partial charge in [0.1, 0.15) is 17.5 Å². The molecule has 18 heavy (non-hydrogen) atoms. The highest BCUT2D eigenvalue weighted by Gasteiger charge is 2.20. The Kier molecular flexibility index (Phi) is 3.45. The van der Waals surface area contributed by atoms with Crippen molar-refractivity contribution in [3.8, 4) is 0 Å². The zero-order valence-corrected chi connectivity index (χ0v) is 10.7. The Bertz CT molecular complexity index is 518. The van der Waals surface area contributed by atoms with Crippen LogP contribution in [0.5, 0.6) is 0 Å². The molecule has 2 aromatic rings. The van der Waals surface area contributed by atoms with E-state index in [9.17, 15) is 4.79 Å². The Hall–Kier alpha value is -2.11. The van der Waals surface area contributed by atoms with Crippen molar-refractivity contribution in [1.29, 1.82) is 0 Å². The lowest BCUT2D eigenvalue weighted by molar-refractivity contribution is -0.133. The lowest BCUT2D eigenvalue weighted by atomic mass is 10.3. The SMILES string of the molecule is Cc1cc(CN(C)C(=O)[C@H](C)n2cccn2)no1. The summed E-state index contributed by atoms with van der Waals surface area (Å²) in [6.45, 7) is 4.08. The van der Waals surface area contributed by atoms with E-state index in [0.29, 0.717) is 6.54 Å². The Labute approximate surface area is 105 Å². The lowest BCUT2D eigenvalue weighted by Crippen LogP contribution is -2.33. The minimum absolute atomic E-state index is 0.0145. The fraction of sp³-hybridized carbons (Fsp3) is 0.417. The summed E-state index contributed by atoms with van der Waals surface area (Å²) in [5, 5.41) is 7.93. The number of rotatable bonds is 4. The molecule has 0 spiro atoms. The van der Waals surface area contributed by atoms with Crippen molar-refractivity contribution in [2.75, 3.05) is 7.05 Å². The van der Waals surface area contributed by atoms with E-state index in [2.05, 4.69) is 10.3 Å². The minimum Gasteiger partial charge on any atom is -0.361 e. The fourth-order valence-electron chi connectivity index (χ4n) is 1.76. The zero-order valence-electron chi connectivity index (χ0n) is 10.7. The first kappa shape index (κ1) is 12.3. The average Bonchev–Trinajstić information content (AvgIpc) is 2.98. The number of aromatic nitrogens is 3. The third kappa shape index (κ3) is 2.58. The first-order valence-corrected chi connectivity index (χ1v) is 5.74. The third-order valence-corrected chi connectivity index (χ3v) is 2.73. The molecule has 0 saturated heterocycles. The molecule has 1 atom stereocenters. The van der Waals surface area contributed by atoms with Crippen molar-refractivity contribution >= 4 is 5.91 Å². The Balaban J connectivity index is 2.00. The van der Waals surface area contributed by atoms with Crippen LogP contribution in [0.1, 0.15) is 24.4 Å². The number of hydrogen-bond acceptors (Lipinski definition) is 4. The molecule has 0 aliphatic rings. The molecule has 6 heteroatoms. The molecule has 0 aromatic carbocycles. The van der Waals surface area contributed by atoms with E-state index >= 15 is 0 Å². The molecule has 0 radical (unpaired) electrons. The quantitative estimate of drug-likeness (QED) is 0.820. The fourth-order valence-corrected chi connectivity index (χ4v) is 1.76. The molecule has 0 bridgehead atoms. The molecule has 1 amide bonds. The van der Waals surface area contributed by atoms with Gasteiger partial charge in [0.05, 0.1) is 6.54 Å². The van der Waals surface area contributed by atoms with Crippen molar-refractivity contribution in [2.24, 2.45) is 0 Å². The van der Waals surface area contributed by atoms with Crippen LogP contribution in [0.3, 0.4) is 0 Å². The maximum absolute atomic E-state index is 12.2. The Morgan fingerprint density at radius 1 is 1.61 bits per heavy atom. The summed E-state index contributed by atoms with van der Waals surface area (Å²) in [4.78, 5) is 13.8. The van der Waals surface area contributed by atoms with Gasteiger partial charge in [-0.3, -0.25) is 9.48 Å². The maximum Gasteiger partial charge on any atom is 0.247 e. The number of aryl methyl sites for hydroxylation is 1. The second-order valence-electron chi connectivity index (χ2n) is 4.29. The van der Waals surface area contributed by atoms with Gasteiger partial charge < -0.3 is 9.42 Å². The van der Waals surface area contributed by atoms with Crippen LogP contribution in [0.15, 0.2) is 29.0 Å². The highest BCUT2D eigenvalue weighted by molar-refractivity contribution is 5.79. The Morgan fingerprint density at radius 2 is 2.39 bits per heavy atom.